The molecule has 2 aromatic carbocycles. The molecule has 3 aromatic rings. The lowest BCUT2D eigenvalue weighted by Crippen LogP contribution is -2.32. The first-order valence-electron chi connectivity index (χ1n) is 10.2. The van der Waals surface area contributed by atoms with Crippen LogP contribution in [0.4, 0.5) is 5.69 Å². The molecule has 1 amide bonds. The number of hydrogen-bond acceptors (Lipinski definition) is 4. The van der Waals surface area contributed by atoms with Gasteiger partial charge >= 0.3 is 5.69 Å². The average molecular weight is 483 g/mol. The molecular weight excluding hydrogens is 460 g/mol. The zero-order chi connectivity index (χ0) is 22.1. The van der Waals surface area contributed by atoms with Crippen molar-refractivity contribution in [3.63, 3.8) is 0 Å². The van der Waals surface area contributed by atoms with Crippen molar-refractivity contribution in [3.05, 3.63) is 91.2 Å². The number of carbonyl (C=O) groups is 1. The second-order valence-corrected chi connectivity index (χ2v) is 8.84. The van der Waals surface area contributed by atoms with Crippen LogP contribution in [-0.4, -0.2) is 31.6 Å². The van der Waals surface area contributed by atoms with E-state index in [1.54, 1.807) is 18.5 Å². The van der Waals surface area contributed by atoms with Gasteiger partial charge in [-0.25, -0.2) is 0 Å². The van der Waals surface area contributed by atoms with Crippen molar-refractivity contribution >= 4 is 27.5 Å². The van der Waals surface area contributed by atoms with Crippen LogP contribution in [-0.2, 0) is 13.1 Å². The van der Waals surface area contributed by atoms with E-state index in [-0.39, 0.29) is 11.6 Å². The number of nitrogens with zero attached hydrogens (tertiary/aromatic N) is 4. The predicted octanol–water partition coefficient (Wildman–Crippen LogP) is 5.02. The smallest absolute Gasteiger partial charge is 0.312 e. The molecule has 0 atom stereocenters. The van der Waals surface area contributed by atoms with Gasteiger partial charge in [-0.05, 0) is 62.1 Å². The fourth-order valence-corrected chi connectivity index (χ4v) is 4.23. The maximum absolute atomic E-state index is 13.2. The lowest BCUT2D eigenvalue weighted by molar-refractivity contribution is -0.386. The van der Waals surface area contributed by atoms with E-state index in [1.807, 2.05) is 53.4 Å². The van der Waals surface area contributed by atoms with Gasteiger partial charge in [-0.15, -0.1) is 0 Å². The third kappa shape index (κ3) is 4.69. The van der Waals surface area contributed by atoms with Crippen molar-refractivity contribution in [1.82, 2.24) is 14.7 Å². The average Bonchev–Trinajstić information content (AvgIpc) is 3.52. The Morgan fingerprint density at radius 2 is 1.90 bits per heavy atom. The number of amides is 1. The Labute approximate surface area is 189 Å². The molecule has 0 bridgehead atoms. The van der Waals surface area contributed by atoms with Crippen LogP contribution in [0.1, 0.15) is 45.7 Å². The largest absolute Gasteiger partial charge is 0.331 e. The molecule has 4 rings (SSSR count). The van der Waals surface area contributed by atoms with Crippen LogP contribution in [0, 0.1) is 24.0 Å². The molecule has 0 aliphatic heterocycles. The third-order valence-electron chi connectivity index (χ3n) is 5.55. The second-order valence-electron chi connectivity index (χ2n) is 7.93. The number of halogens is 1. The summed E-state index contributed by atoms with van der Waals surface area (Å²) in [7, 11) is 0. The third-order valence-corrected chi connectivity index (χ3v) is 6.04. The number of nitro groups is 1. The first-order chi connectivity index (χ1) is 14.8. The van der Waals surface area contributed by atoms with E-state index in [0.29, 0.717) is 36.1 Å². The number of benzene rings is 2. The summed E-state index contributed by atoms with van der Waals surface area (Å²) in [6.45, 7) is 4.34. The van der Waals surface area contributed by atoms with Gasteiger partial charge in [-0.1, -0.05) is 40.2 Å². The zero-order valence-corrected chi connectivity index (χ0v) is 19.0. The van der Waals surface area contributed by atoms with Crippen molar-refractivity contribution in [2.75, 3.05) is 0 Å². The zero-order valence-electron chi connectivity index (χ0n) is 17.4. The van der Waals surface area contributed by atoms with Crippen molar-refractivity contribution in [1.29, 1.82) is 0 Å². The predicted molar refractivity (Wildman–Crippen MR) is 121 cm³/mol. The van der Waals surface area contributed by atoms with Crippen LogP contribution in [0.2, 0.25) is 0 Å². The Bertz CT molecular complexity index is 1140. The van der Waals surface area contributed by atoms with Crippen molar-refractivity contribution < 1.29 is 9.72 Å². The highest BCUT2D eigenvalue weighted by atomic mass is 79.9. The quantitative estimate of drug-likeness (QED) is 0.349. The molecular formula is C23H23BrN4O3. The molecule has 0 radical (unpaired) electrons. The Kier molecular flexibility index (Phi) is 5.91. The molecule has 160 valence electrons. The lowest BCUT2D eigenvalue weighted by Gasteiger charge is -2.23. The van der Waals surface area contributed by atoms with Gasteiger partial charge in [-0.3, -0.25) is 19.6 Å². The molecule has 1 aliphatic carbocycles. The van der Waals surface area contributed by atoms with Gasteiger partial charge in [0, 0.05) is 22.6 Å². The number of hydrogen-bond donors (Lipinski definition) is 0. The molecule has 7 nitrogen and oxygen atoms in total. The summed E-state index contributed by atoms with van der Waals surface area (Å²) in [5, 5.41) is 15.5. The van der Waals surface area contributed by atoms with Crippen molar-refractivity contribution in [2.45, 2.75) is 45.8 Å². The van der Waals surface area contributed by atoms with E-state index >= 15 is 0 Å². The normalized spacial score (nSPS) is 13.3. The first-order valence-corrected chi connectivity index (χ1v) is 11.0. The molecule has 8 heteroatoms. The summed E-state index contributed by atoms with van der Waals surface area (Å²) < 4.78 is 2.63. The molecule has 1 aliphatic rings. The maximum atomic E-state index is 13.2. The SMILES string of the molecule is Cc1nn(Cc2ccc(C(=O)N(Cc3cccc(Br)c3)C3CC3)cc2)c(C)c1[N+](=O)[O-]. The number of aryl methyl sites for hydroxylation is 1. The monoisotopic (exact) mass is 482 g/mol. The Morgan fingerprint density at radius 1 is 1.19 bits per heavy atom. The summed E-state index contributed by atoms with van der Waals surface area (Å²) in [6, 6.07) is 15.8. The van der Waals surface area contributed by atoms with Gasteiger partial charge in [0.1, 0.15) is 11.4 Å². The summed E-state index contributed by atoms with van der Waals surface area (Å²) >= 11 is 3.49. The fraction of sp³-hybridized carbons (Fsp3) is 0.304. The number of aromatic nitrogens is 2. The minimum atomic E-state index is -0.395. The minimum Gasteiger partial charge on any atom is -0.331 e. The lowest BCUT2D eigenvalue weighted by atomic mass is 10.1. The van der Waals surface area contributed by atoms with E-state index in [4.69, 9.17) is 0 Å². The molecule has 0 unspecified atom stereocenters. The van der Waals surface area contributed by atoms with E-state index < -0.39 is 4.92 Å². The molecule has 0 N–H and O–H groups in total. The standard InChI is InChI=1S/C23H23BrN4O3/c1-15-22(28(30)31)16(2)27(25-15)14-17-6-8-19(9-7-17)23(29)26(21-10-11-21)13-18-4-3-5-20(24)12-18/h3-9,12,21H,10-11,13-14H2,1-2H3. The van der Waals surface area contributed by atoms with E-state index in [2.05, 4.69) is 21.0 Å². The second kappa shape index (κ2) is 8.63. The maximum Gasteiger partial charge on any atom is 0.312 e. The van der Waals surface area contributed by atoms with Crippen LogP contribution < -0.4 is 0 Å². The highest BCUT2D eigenvalue weighted by Crippen LogP contribution is 2.30. The van der Waals surface area contributed by atoms with Gasteiger partial charge in [0.05, 0.1) is 11.5 Å². The van der Waals surface area contributed by atoms with Crippen LogP contribution >= 0.6 is 15.9 Å². The molecule has 31 heavy (non-hydrogen) atoms. The topological polar surface area (TPSA) is 81.3 Å². The Morgan fingerprint density at radius 3 is 2.48 bits per heavy atom. The summed E-state index contributed by atoms with van der Waals surface area (Å²) in [4.78, 5) is 25.9. The van der Waals surface area contributed by atoms with E-state index in [1.165, 1.54) is 0 Å². The Hall–Kier alpha value is -3.00. The van der Waals surface area contributed by atoms with E-state index in [0.717, 1.165) is 28.4 Å². The van der Waals surface area contributed by atoms with Gasteiger partial charge in [0.25, 0.3) is 5.91 Å². The summed E-state index contributed by atoms with van der Waals surface area (Å²) in [5.74, 6) is 0.0239. The highest BCUT2D eigenvalue weighted by molar-refractivity contribution is 9.10. The van der Waals surface area contributed by atoms with Crippen LogP contribution in [0.25, 0.3) is 0 Å². The van der Waals surface area contributed by atoms with E-state index in [9.17, 15) is 14.9 Å². The number of carbonyl (C=O) groups excluding carboxylic acids is 1. The molecule has 1 saturated carbocycles. The van der Waals surface area contributed by atoms with Crippen molar-refractivity contribution in [3.8, 4) is 0 Å². The van der Waals surface area contributed by atoms with Gasteiger partial charge < -0.3 is 4.90 Å². The van der Waals surface area contributed by atoms with Gasteiger partial charge in [-0.2, -0.15) is 5.10 Å². The summed E-state index contributed by atoms with van der Waals surface area (Å²) in [6.07, 6.45) is 2.07. The van der Waals surface area contributed by atoms with Crippen LogP contribution in [0.15, 0.2) is 53.0 Å². The van der Waals surface area contributed by atoms with Crippen LogP contribution in [0.3, 0.4) is 0 Å². The fourth-order valence-electron chi connectivity index (χ4n) is 3.78. The van der Waals surface area contributed by atoms with Gasteiger partial charge in [0.2, 0.25) is 0 Å². The minimum absolute atomic E-state index is 0.0239. The molecule has 1 heterocycles. The summed E-state index contributed by atoms with van der Waals surface area (Å²) in [5.41, 5.74) is 3.65. The first kappa shape index (κ1) is 21.2. The van der Waals surface area contributed by atoms with Gasteiger partial charge in [0.15, 0.2) is 0 Å². The van der Waals surface area contributed by atoms with Crippen molar-refractivity contribution in [2.24, 2.45) is 0 Å². The molecule has 1 aromatic heterocycles. The Balaban J connectivity index is 1.50. The highest BCUT2D eigenvalue weighted by Gasteiger charge is 2.33. The molecule has 0 spiro atoms. The molecule has 1 fully saturated rings. The number of rotatable bonds is 7. The van der Waals surface area contributed by atoms with Crippen LogP contribution in [0.5, 0.6) is 0 Å². The molecule has 0 saturated heterocycles.